The van der Waals surface area contributed by atoms with E-state index in [4.69, 9.17) is 5.11 Å². The Kier molecular flexibility index (Phi) is 3.24. The van der Waals surface area contributed by atoms with Crippen LogP contribution in [0.1, 0.15) is 17.3 Å². The molecular weight excluding hydrogens is 277 g/mol. The maximum absolute atomic E-state index is 12.7. The molecule has 1 heterocycles. The van der Waals surface area contributed by atoms with Crippen LogP contribution in [0.3, 0.4) is 0 Å². The van der Waals surface area contributed by atoms with E-state index < -0.39 is 29.7 Å². The standard InChI is InChI=1S/C12H9F3N2O3/c1-6-9(12(13,14)15)16-17(10(6)18)8-4-2-7(3-5-8)11(19)20/h2-6H,1H3,(H,19,20). The number of hydrazone groups is 1. The summed E-state index contributed by atoms with van der Waals surface area (Å²) in [4.78, 5) is 22.5. The minimum absolute atomic E-state index is 0.0338. The van der Waals surface area contributed by atoms with E-state index in [0.29, 0.717) is 5.01 Å². The van der Waals surface area contributed by atoms with Crippen LogP contribution in [-0.2, 0) is 4.79 Å². The number of hydrogen-bond acceptors (Lipinski definition) is 3. The highest BCUT2D eigenvalue weighted by Gasteiger charge is 2.48. The molecule has 0 aromatic heterocycles. The lowest BCUT2D eigenvalue weighted by atomic mass is 10.1. The van der Waals surface area contributed by atoms with Crippen molar-refractivity contribution in [1.82, 2.24) is 0 Å². The van der Waals surface area contributed by atoms with Gasteiger partial charge in [0.25, 0.3) is 5.91 Å². The van der Waals surface area contributed by atoms with Crippen LogP contribution in [-0.4, -0.2) is 28.9 Å². The minimum atomic E-state index is -4.68. The highest BCUT2D eigenvalue weighted by molar-refractivity contribution is 6.17. The average molecular weight is 286 g/mol. The van der Waals surface area contributed by atoms with Gasteiger partial charge >= 0.3 is 12.1 Å². The fourth-order valence-electron chi connectivity index (χ4n) is 1.78. The number of carbonyl (C=O) groups is 2. The largest absolute Gasteiger partial charge is 0.478 e. The van der Waals surface area contributed by atoms with Gasteiger partial charge in [-0.25, -0.2) is 4.79 Å². The Morgan fingerprint density at radius 1 is 1.30 bits per heavy atom. The predicted octanol–water partition coefficient (Wildman–Crippen LogP) is 2.29. The molecule has 1 aliphatic rings. The van der Waals surface area contributed by atoms with Gasteiger partial charge in [-0.3, -0.25) is 4.79 Å². The molecule has 1 aromatic rings. The molecule has 0 saturated heterocycles. The Morgan fingerprint density at radius 2 is 1.85 bits per heavy atom. The van der Waals surface area contributed by atoms with Crippen LogP contribution in [0.2, 0.25) is 0 Å². The number of aromatic carboxylic acids is 1. The summed E-state index contributed by atoms with van der Waals surface area (Å²) < 4.78 is 38.0. The Bertz CT molecular complexity index is 593. The molecule has 0 spiro atoms. The van der Waals surface area contributed by atoms with E-state index in [2.05, 4.69) is 5.10 Å². The molecule has 0 saturated carbocycles. The second kappa shape index (κ2) is 4.62. The van der Waals surface area contributed by atoms with Crippen LogP contribution < -0.4 is 5.01 Å². The molecule has 1 unspecified atom stereocenters. The SMILES string of the molecule is CC1C(=O)N(c2ccc(C(=O)O)cc2)N=C1C(F)(F)F. The van der Waals surface area contributed by atoms with E-state index in [1.807, 2.05) is 0 Å². The van der Waals surface area contributed by atoms with E-state index in [0.717, 1.165) is 6.92 Å². The number of hydrogen-bond donors (Lipinski definition) is 1. The second-order valence-electron chi connectivity index (χ2n) is 4.21. The lowest BCUT2D eigenvalue weighted by Gasteiger charge is -2.12. The van der Waals surface area contributed by atoms with Gasteiger partial charge in [0.2, 0.25) is 0 Å². The van der Waals surface area contributed by atoms with Gasteiger partial charge in [-0.2, -0.15) is 23.3 Å². The fraction of sp³-hybridized carbons (Fsp3) is 0.250. The van der Waals surface area contributed by atoms with Gasteiger partial charge in [0.05, 0.1) is 17.2 Å². The quantitative estimate of drug-likeness (QED) is 0.906. The van der Waals surface area contributed by atoms with Crippen LogP contribution in [0, 0.1) is 5.92 Å². The maximum Gasteiger partial charge on any atom is 0.432 e. The van der Waals surface area contributed by atoms with Crippen molar-refractivity contribution in [3.8, 4) is 0 Å². The third-order valence-electron chi connectivity index (χ3n) is 2.85. The van der Waals surface area contributed by atoms with E-state index in [1.165, 1.54) is 24.3 Å². The molecule has 1 N–H and O–H groups in total. The summed E-state index contributed by atoms with van der Waals surface area (Å²) in [6, 6.07) is 4.85. The number of rotatable bonds is 2. The molecule has 1 amide bonds. The number of nitrogens with zero attached hydrogens (tertiary/aromatic N) is 2. The lowest BCUT2D eigenvalue weighted by Crippen LogP contribution is -2.31. The van der Waals surface area contributed by atoms with Crippen molar-refractivity contribution < 1.29 is 27.9 Å². The minimum Gasteiger partial charge on any atom is -0.478 e. The van der Waals surface area contributed by atoms with Crippen LogP contribution in [0.5, 0.6) is 0 Å². The second-order valence-corrected chi connectivity index (χ2v) is 4.21. The van der Waals surface area contributed by atoms with Crippen molar-refractivity contribution in [3.05, 3.63) is 29.8 Å². The van der Waals surface area contributed by atoms with Gasteiger partial charge in [-0.05, 0) is 31.2 Å². The number of alkyl halides is 3. The first kappa shape index (κ1) is 14.0. The van der Waals surface area contributed by atoms with Gasteiger partial charge in [-0.15, -0.1) is 0 Å². The molecule has 0 aliphatic carbocycles. The molecule has 106 valence electrons. The van der Waals surface area contributed by atoms with E-state index in [-0.39, 0.29) is 11.3 Å². The summed E-state index contributed by atoms with van der Waals surface area (Å²) in [5.74, 6) is -3.35. The summed E-state index contributed by atoms with van der Waals surface area (Å²) >= 11 is 0. The van der Waals surface area contributed by atoms with E-state index in [9.17, 15) is 22.8 Å². The number of carboxylic acids is 1. The molecule has 0 radical (unpaired) electrons. The number of benzene rings is 1. The average Bonchev–Trinajstić information content (AvgIpc) is 2.66. The normalized spacial score (nSPS) is 19.2. The van der Waals surface area contributed by atoms with Crippen molar-refractivity contribution in [3.63, 3.8) is 0 Å². The zero-order valence-electron chi connectivity index (χ0n) is 10.2. The molecule has 1 atom stereocenters. The molecule has 0 fully saturated rings. The Balaban J connectivity index is 2.36. The topological polar surface area (TPSA) is 70.0 Å². The van der Waals surface area contributed by atoms with Gasteiger partial charge in [0.15, 0.2) is 5.71 Å². The number of halogens is 3. The van der Waals surface area contributed by atoms with Crippen molar-refractivity contribution in [2.24, 2.45) is 11.0 Å². The maximum atomic E-state index is 12.7. The number of carboxylic acid groups (broad SMARTS) is 1. The van der Waals surface area contributed by atoms with E-state index >= 15 is 0 Å². The Labute approximate surface area is 111 Å². The van der Waals surface area contributed by atoms with Crippen molar-refractivity contribution >= 4 is 23.3 Å². The summed E-state index contributed by atoms with van der Waals surface area (Å²) in [7, 11) is 0. The first-order chi connectivity index (χ1) is 9.21. The molecule has 20 heavy (non-hydrogen) atoms. The van der Waals surface area contributed by atoms with Crippen molar-refractivity contribution in [2.45, 2.75) is 13.1 Å². The van der Waals surface area contributed by atoms with Gasteiger partial charge in [0, 0.05) is 0 Å². The van der Waals surface area contributed by atoms with Crippen LogP contribution >= 0.6 is 0 Å². The molecule has 8 heteroatoms. The van der Waals surface area contributed by atoms with Crippen LogP contribution in [0.25, 0.3) is 0 Å². The van der Waals surface area contributed by atoms with Gasteiger partial charge < -0.3 is 5.11 Å². The van der Waals surface area contributed by atoms with Crippen LogP contribution in [0.4, 0.5) is 18.9 Å². The van der Waals surface area contributed by atoms with Crippen LogP contribution in [0.15, 0.2) is 29.4 Å². The summed E-state index contributed by atoms with van der Waals surface area (Å²) in [6.45, 7) is 1.13. The van der Waals surface area contributed by atoms with Gasteiger partial charge in [0.1, 0.15) is 0 Å². The zero-order valence-corrected chi connectivity index (χ0v) is 10.2. The smallest absolute Gasteiger partial charge is 0.432 e. The third-order valence-corrected chi connectivity index (χ3v) is 2.85. The van der Waals surface area contributed by atoms with Crippen molar-refractivity contribution in [1.29, 1.82) is 0 Å². The highest BCUT2D eigenvalue weighted by Crippen LogP contribution is 2.31. The lowest BCUT2D eigenvalue weighted by molar-refractivity contribution is -0.120. The third kappa shape index (κ3) is 2.36. The molecule has 2 rings (SSSR count). The summed E-state index contributed by atoms with van der Waals surface area (Å²) in [5.41, 5.74) is -1.11. The highest BCUT2D eigenvalue weighted by atomic mass is 19.4. The number of amides is 1. The summed E-state index contributed by atoms with van der Waals surface area (Å²) in [5, 5.41) is 12.7. The molecule has 1 aromatic carbocycles. The summed E-state index contributed by atoms with van der Waals surface area (Å²) in [6.07, 6.45) is -4.68. The molecule has 0 bridgehead atoms. The Hall–Kier alpha value is -2.38. The number of carbonyl (C=O) groups excluding carboxylic acids is 1. The fourth-order valence-corrected chi connectivity index (χ4v) is 1.78. The first-order valence-electron chi connectivity index (χ1n) is 5.55. The predicted molar refractivity (Wildman–Crippen MR) is 63.5 cm³/mol. The van der Waals surface area contributed by atoms with Gasteiger partial charge in [-0.1, -0.05) is 0 Å². The molecule has 1 aliphatic heterocycles. The first-order valence-corrected chi connectivity index (χ1v) is 5.55. The monoisotopic (exact) mass is 286 g/mol. The molecule has 5 nitrogen and oxygen atoms in total. The van der Waals surface area contributed by atoms with E-state index in [1.54, 1.807) is 0 Å². The number of anilines is 1. The zero-order chi connectivity index (χ0) is 15.1. The van der Waals surface area contributed by atoms with Crippen molar-refractivity contribution in [2.75, 3.05) is 5.01 Å². The Morgan fingerprint density at radius 3 is 2.25 bits per heavy atom. The molecular formula is C12H9F3N2O3.